The minimum Gasteiger partial charge on any atom is -0.480 e. The van der Waals surface area contributed by atoms with Crippen LogP contribution in [0.15, 0.2) is 23.1 Å². The Kier molecular flexibility index (Phi) is 6.64. The zero-order valence-electron chi connectivity index (χ0n) is 16.2. The highest BCUT2D eigenvalue weighted by atomic mass is 32.2. The minimum atomic E-state index is -3.60. The Morgan fingerprint density at radius 3 is 2.26 bits per heavy atom. The summed E-state index contributed by atoms with van der Waals surface area (Å²) in [4.78, 5) is 23.9. The third kappa shape index (κ3) is 4.87. The van der Waals surface area contributed by atoms with E-state index in [1.54, 1.807) is 32.9 Å². The number of nitrogens with zero attached hydrogens (tertiary/aromatic N) is 1. The Labute approximate surface area is 160 Å². The van der Waals surface area contributed by atoms with Gasteiger partial charge in [-0.05, 0) is 44.2 Å². The van der Waals surface area contributed by atoms with E-state index in [1.165, 1.54) is 4.31 Å². The van der Waals surface area contributed by atoms with Crippen LogP contribution in [0.4, 0.5) is 0 Å². The fraction of sp³-hybridized carbons (Fsp3) is 0.579. The molecule has 2 N–H and O–H groups in total. The molecule has 2 rings (SSSR count). The van der Waals surface area contributed by atoms with Crippen molar-refractivity contribution in [2.75, 3.05) is 13.1 Å². The first-order chi connectivity index (χ1) is 12.5. The number of sulfonamides is 1. The molecule has 150 valence electrons. The second-order valence-electron chi connectivity index (χ2n) is 7.52. The highest BCUT2D eigenvalue weighted by molar-refractivity contribution is 7.89. The summed E-state index contributed by atoms with van der Waals surface area (Å²) < 4.78 is 27.2. The smallest absolute Gasteiger partial charge is 0.326 e. The van der Waals surface area contributed by atoms with Gasteiger partial charge in [0.15, 0.2) is 0 Å². The lowest BCUT2D eigenvalue weighted by Gasteiger charge is -2.31. The van der Waals surface area contributed by atoms with Gasteiger partial charge in [0.05, 0.1) is 4.90 Å². The topological polar surface area (TPSA) is 104 Å². The van der Waals surface area contributed by atoms with Crippen molar-refractivity contribution in [3.8, 4) is 0 Å². The van der Waals surface area contributed by atoms with E-state index in [1.807, 2.05) is 13.0 Å². The summed E-state index contributed by atoms with van der Waals surface area (Å²) in [7, 11) is -3.60. The molecule has 0 bridgehead atoms. The van der Waals surface area contributed by atoms with E-state index < -0.39 is 22.0 Å². The van der Waals surface area contributed by atoms with Crippen LogP contribution >= 0.6 is 0 Å². The third-order valence-corrected chi connectivity index (χ3v) is 7.06. The van der Waals surface area contributed by atoms with Gasteiger partial charge in [-0.25, -0.2) is 13.2 Å². The van der Waals surface area contributed by atoms with E-state index in [0.717, 1.165) is 5.56 Å². The number of hydrogen-bond acceptors (Lipinski definition) is 4. The fourth-order valence-corrected chi connectivity index (χ4v) is 5.05. The number of aliphatic carboxylic acids is 1. The maximum atomic E-state index is 12.9. The lowest BCUT2D eigenvalue weighted by atomic mass is 9.95. The Hall–Kier alpha value is -1.93. The van der Waals surface area contributed by atoms with E-state index in [-0.39, 0.29) is 30.8 Å². The SMILES string of the molecule is Cc1ccc(S(=O)(=O)N2CCC(C(=O)N[C@@H](C(=O)O)C(C)C)CC2)c(C)c1. The molecule has 0 spiro atoms. The van der Waals surface area contributed by atoms with E-state index in [9.17, 15) is 23.1 Å². The zero-order chi connectivity index (χ0) is 20.4. The van der Waals surface area contributed by atoms with Crippen LogP contribution in [-0.2, 0) is 19.6 Å². The van der Waals surface area contributed by atoms with Gasteiger partial charge in [0.25, 0.3) is 0 Å². The molecule has 0 saturated carbocycles. The summed E-state index contributed by atoms with van der Waals surface area (Å²) in [5.74, 6) is -1.99. The van der Waals surface area contributed by atoms with Gasteiger partial charge in [-0.15, -0.1) is 0 Å². The second kappa shape index (κ2) is 8.39. The van der Waals surface area contributed by atoms with Gasteiger partial charge >= 0.3 is 5.97 Å². The molecule has 0 aliphatic carbocycles. The summed E-state index contributed by atoms with van der Waals surface area (Å²) in [5, 5.41) is 11.8. The second-order valence-corrected chi connectivity index (χ2v) is 9.42. The molecule has 1 aliphatic heterocycles. The summed E-state index contributed by atoms with van der Waals surface area (Å²) in [5.41, 5.74) is 1.70. The van der Waals surface area contributed by atoms with Crippen LogP contribution in [0.5, 0.6) is 0 Å². The molecule has 0 radical (unpaired) electrons. The predicted octanol–water partition coefficient (Wildman–Crippen LogP) is 1.93. The first-order valence-corrected chi connectivity index (χ1v) is 10.6. The maximum absolute atomic E-state index is 12.9. The first kappa shape index (κ1) is 21.4. The lowest BCUT2D eigenvalue weighted by Crippen LogP contribution is -2.49. The molecule has 8 heteroatoms. The number of carboxylic acids is 1. The van der Waals surface area contributed by atoms with Crippen molar-refractivity contribution < 1.29 is 23.1 Å². The molecule has 1 atom stereocenters. The third-order valence-electron chi connectivity index (χ3n) is 5.00. The predicted molar refractivity (Wildman–Crippen MR) is 102 cm³/mol. The normalized spacial score (nSPS) is 17.7. The van der Waals surface area contributed by atoms with Crippen LogP contribution in [0.1, 0.15) is 37.8 Å². The van der Waals surface area contributed by atoms with Crippen molar-refractivity contribution in [2.24, 2.45) is 11.8 Å². The first-order valence-electron chi connectivity index (χ1n) is 9.14. The Morgan fingerprint density at radius 2 is 1.78 bits per heavy atom. The number of hydrogen-bond donors (Lipinski definition) is 2. The van der Waals surface area contributed by atoms with Crippen molar-refractivity contribution in [1.82, 2.24) is 9.62 Å². The summed E-state index contributed by atoms with van der Waals surface area (Å²) >= 11 is 0. The van der Waals surface area contributed by atoms with E-state index in [4.69, 9.17) is 0 Å². The largest absolute Gasteiger partial charge is 0.480 e. The maximum Gasteiger partial charge on any atom is 0.326 e. The van der Waals surface area contributed by atoms with Crippen LogP contribution in [0, 0.1) is 25.7 Å². The molecule has 7 nitrogen and oxygen atoms in total. The monoisotopic (exact) mass is 396 g/mol. The van der Waals surface area contributed by atoms with Crippen LogP contribution < -0.4 is 5.32 Å². The molecule has 1 aromatic carbocycles. The van der Waals surface area contributed by atoms with Crippen LogP contribution in [0.3, 0.4) is 0 Å². The van der Waals surface area contributed by atoms with E-state index in [0.29, 0.717) is 23.3 Å². The van der Waals surface area contributed by atoms with Gasteiger partial charge in [0, 0.05) is 19.0 Å². The lowest BCUT2D eigenvalue weighted by molar-refractivity contribution is -0.144. The van der Waals surface area contributed by atoms with Gasteiger partial charge in [-0.2, -0.15) is 4.31 Å². The van der Waals surface area contributed by atoms with Gasteiger partial charge in [-0.1, -0.05) is 31.5 Å². The van der Waals surface area contributed by atoms with Gasteiger partial charge in [-0.3, -0.25) is 4.79 Å². The number of nitrogens with one attached hydrogen (secondary N) is 1. The minimum absolute atomic E-state index is 0.226. The molecular formula is C19H28N2O5S. The number of benzene rings is 1. The summed E-state index contributed by atoms with van der Waals surface area (Å²) in [6, 6.07) is 4.30. The molecule has 0 unspecified atom stereocenters. The molecular weight excluding hydrogens is 368 g/mol. The van der Waals surface area contributed by atoms with Crippen LogP contribution in [0.25, 0.3) is 0 Å². The fourth-order valence-electron chi connectivity index (χ4n) is 3.37. The number of rotatable bonds is 6. The van der Waals surface area contributed by atoms with Crippen molar-refractivity contribution in [3.63, 3.8) is 0 Å². The van der Waals surface area contributed by atoms with Gasteiger partial charge < -0.3 is 10.4 Å². The highest BCUT2D eigenvalue weighted by Gasteiger charge is 2.34. The Balaban J connectivity index is 2.04. The molecule has 1 fully saturated rings. The average molecular weight is 397 g/mol. The molecule has 0 aromatic heterocycles. The number of carbonyl (C=O) groups is 2. The van der Waals surface area contributed by atoms with E-state index in [2.05, 4.69) is 5.32 Å². The number of amides is 1. The van der Waals surface area contributed by atoms with Crippen LogP contribution in [-0.4, -0.2) is 48.8 Å². The Morgan fingerprint density at radius 1 is 1.19 bits per heavy atom. The van der Waals surface area contributed by atoms with E-state index >= 15 is 0 Å². The summed E-state index contributed by atoms with van der Waals surface area (Å²) in [6.07, 6.45) is 0.751. The standard InChI is InChI=1S/C19H28N2O5S/c1-12(2)17(19(23)24)20-18(22)15-7-9-21(10-8-15)27(25,26)16-6-5-13(3)11-14(16)4/h5-6,11-12,15,17H,7-10H2,1-4H3,(H,20,22)(H,23,24)/t17-/m1/s1. The molecule has 1 aromatic rings. The van der Waals surface area contributed by atoms with Gasteiger partial charge in [0.1, 0.15) is 6.04 Å². The quantitative estimate of drug-likeness (QED) is 0.765. The number of carboxylic acid groups (broad SMARTS) is 1. The average Bonchev–Trinajstić information content (AvgIpc) is 2.58. The van der Waals surface area contributed by atoms with Crippen molar-refractivity contribution >= 4 is 21.9 Å². The van der Waals surface area contributed by atoms with Crippen molar-refractivity contribution in [2.45, 2.75) is 51.5 Å². The number of carbonyl (C=O) groups excluding carboxylic acids is 1. The highest BCUT2D eigenvalue weighted by Crippen LogP contribution is 2.26. The van der Waals surface area contributed by atoms with Crippen molar-refractivity contribution in [1.29, 1.82) is 0 Å². The molecule has 1 heterocycles. The van der Waals surface area contributed by atoms with Gasteiger partial charge in [0.2, 0.25) is 15.9 Å². The number of piperidine rings is 1. The van der Waals surface area contributed by atoms with Crippen molar-refractivity contribution in [3.05, 3.63) is 29.3 Å². The summed E-state index contributed by atoms with van der Waals surface area (Å²) in [6.45, 7) is 7.64. The van der Waals surface area contributed by atoms with Crippen LogP contribution in [0.2, 0.25) is 0 Å². The molecule has 1 amide bonds. The Bertz CT molecular complexity index is 811. The number of aryl methyl sites for hydroxylation is 2. The molecule has 27 heavy (non-hydrogen) atoms. The zero-order valence-corrected chi connectivity index (χ0v) is 17.0. The molecule has 1 saturated heterocycles. The molecule has 1 aliphatic rings.